The van der Waals surface area contributed by atoms with Gasteiger partial charge in [0.15, 0.2) is 0 Å². The van der Waals surface area contributed by atoms with Crippen molar-refractivity contribution in [1.82, 2.24) is 4.98 Å². The molecule has 0 aliphatic heterocycles. The highest BCUT2D eigenvalue weighted by Crippen LogP contribution is 2.29. The SMILES string of the molecule is Cc1cc(NCC(C)C)ccc1C(=O)Nc1ccc(Cl)c(-c2ccccn2)c1. The van der Waals surface area contributed by atoms with Crippen LogP contribution in [0, 0.1) is 12.8 Å². The Morgan fingerprint density at radius 1 is 1.07 bits per heavy atom. The summed E-state index contributed by atoms with van der Waals surface area (Å²) in [4.78, 5) is 17.1. The van der Waals surface area contributed by atoms with Gasteiger partial charge in [-0.3, -0.25) is 9.78 Å². The molecule has 0 aliphatic rings. The number of aromatic nitrogens is 1. The number of amides is 1. The van der Waals surface area contributed by atoms with Gasteiger partial charge in [0.1, 0.15) is 0 Å². The number of nitrogens with zero attached hydrogens (tertiary/aromatic N) is 1. The van der Waals surface area contributed by atoms with Crippen LogP contribution < -0.4 is 10.6 Å². The van der Waals surface area contributed by atoms with Gasteiger partial charge in [-0.25, -0.2) is 0 Å². The van der Waals surface area contributed by atoms with E-state index in [1.54, 1.807) is 18.3 Å². The van der Waals surface area contributed by atoms with Gasteiger partial charge in [0.05, 0.1) is 10.7 Å². The Hall–Kier alpha value is -2.85. The molecule has 0 spiro atoms. The molecule has 0 aliphatic carbocycles. The van der Waals surface area contributed by atoms with Gasteiger partial charge in [-0.05, 0) is 66.9 Å². The quantitative estimate of drug-likeness (QED) is 0.537. The molecule has 0 radical (unpaired) electrons. The van der Waals surface area contributed by atoms with Crippen molar-refractivity contribution in [3.63, 3.8) is 0 Å². The Morgan fingerprint density at radius 3 is 2.54 bits per heavy atom. The van der Waals surface area contributed by atoms with Crippen LogP contribution in [0.15, 0.2) is 60.8 Å². The third-order valence-electron chi connectivity index (χ3n) is 4.35. The number of pyridine rings is 1. The zero-order valence-electron chi connectivity index (χ0n) is 16.3. The zero-order chi connectivity index (χ0) is 20.1. The molecule has 1 heterocycles. The van der Waals surface area contributed by atoms with E-state index in [9.17, 15) is 4.79 Å². The molecule has 1 aromatic heterocycles. The lowest BCUT2D eigenvalue weighted by molar-refractivity contribution is 0.102. The normalized spacial score (nSPS) is 10.8. The lowest BCUT2D eigenvalue weighted by atomic mass is 10.1. The standard InChI is InChI=1S/C23H24ClN3O/c1-15(2)14-26-17-7-9-19(16(3)12-17)23(28)27-18-8-10-21(24)20(13-18)22-6-4-5-11-25-22/h4-13,15,26H,14H2,1-3H3,(H,27,28). The lowest BCUT2D eigenvalue weighted by Crippen LogP contribution is -2.14. The summed E-state index contributed by atoms with van der Waals surface area (Å²) in [6.45, 7) is 7.16. The summed E-state index contributed by atoms with van der Waals surface area (Å²) in [5.74, 6) is 0.406. The fourth-order valence-electron chi connectivity index (χ4n) is 2.87. The Labute approximate surface area is 171 Å². The molecule has 5 heteroatoms. The smallest absolute Gasteiger partial charge is 0.255 e. The molecule has 2 N–H and O–H groups in total. The van der Waals surface area contributed by atoms with E-state index in [2.05, 4.69) is 29.5 Å². The van der Waals surface area contributed by atoms with Gasteiger partial charge in [0.2, 0.25) is 0 Å². The maximum Gasteiger partial charge on any atom is 0.255 e. The van der Waals surface area contributed by atoms with Gasteiger partial charge in [0.25, 0.3) is 5.91 Å². The summed E-state index contributed by atoms with van der Waals surface area (Å²) in [7, 11) is 0. The monoisotopic (exact) mass is 393 g/mol. The molecule has 0 bridgehead atoms. The minimum absolute atomic E-state index is 0.151. The Bertz CT molecular complexity index is 971. The number of carbonyl (C=O) groups is 1. The Kier molecular flexibility index (Phi) is 6.32. The van der Waals surface area contributed by atoms with Gasteiger partial charge in [-0.1, -0.05) is 31.5 Å². The van der Waals surface area contributed by atoms with Gasteiger partial charge >= 0.3 is 0 Å². The maximum atomic E-state index is 12.8. The predicted molar refractivity (Wildman–Crippen MR) is 117 cm³/mol. The summed E-state index contributed by atoms with van der Waals surface area (Å²) >= 11 is 6.32. The van der Waals surface area contributed by atoms with Crippen LogP contribution in [0.1, 0.15) is 29.8 Å². The summed E-state index contributed by atoms with van der Waals surface area (Å²) in [5, 5.41) is 6.93. The van der Waals surface area contributed by atoms with Crippen LogP contribution in [0.25, 0.3) is 11.3 Å². The summed E-state index contributed by atoms with van der Waals surface area (Å²) in [6, 6.07) is 16.8. The number of carbonyl (C=O) groups excluding carboxylic acids is 1. The van der Waals surface area contributed by atoms with Crippen molar-refractivity contribution in [2.45, 2.75) is 20.8 Å². The van der Waals surface area contributed by atoms with Gasteiger partial charge in [-0.15, -0.1) is 0 Å². The molecule has 144 valence electrons. The minimum Gasteiger partial charge on any atom is -0.385 e. The van der Waals surface area contributed by atoms with E-state index in [0.717, 1.165) is 29.1 Å². The Morgan fingerprint density at radius 2 is 1.86 bits per heavy atom. The molecule has 1 amide bonds. The number of hydrogen-bond acceptors (Lipinski definition) is 3. The highest BCUT2D eigenvalue weighted by molar-refractivity contribution is 6.33. The lowest BCUT2D eigenvalue weighted by Gasteiger charge is -2.13. The largest absolute Gasteiger partial charge is 0.385 e. The van der Waals surface area contributed by atoms with Crippen LogP contribution in [-0.2, 0) is 0 Å². The molecule has 0 fully saturated rings. The summed E-state index contributed by atoms with van der Waals surface area (Å²) in [6.07, 6.45) is 1.72. The van der Waals surface area contributed by atoms with E-state index >= 15 is 0 Å². The minimum atomic E-state index is -0.151. The van der Waals surface area contributed by atoms with Crippen molar-refractivity contribution in [2.24, 2.45) is 5.92 Å². The number of aryl methyl sites for hydroxylation is 1. The molecule has 3 aromatic rings. The van der Waals surface area contributed by atoms with E-state index in [0.29, 0.717) is 22.2 Å². The van der Waals surface area contributed by atoms with Gasteiger partial charge in [-0.2, -0.15) is 0 Å². The molecule has 28 heavy (non-hydrogen) atoms. The molecule has 0 unspecified atom stereocenters. The van der Waals surface area contributed by atoms with E-state index in [4.69, 9.17) is 11.6 Å². The highest BCUT2D eigenvalue weighted by atomic mass is 35.5. The average molecular weight is 394 g/mol. The average Bonchev–Trinajstić information content (AvgIpc) is 2.68. The van der Waals surface area contributed by atoms with Crippen molar-refractivity contribution in [3.8, 4) is 11.3 Å². The second-order valence-corrected chi connectivity index (χ2v) is 7.58. The zero-order valence-corrected chi connectivity index (χ0v) is 17.0. The molecule has 2 aromatic carbocycles. The van der Waals surface area contributed by atoms with Crippen molar-refractivity contribution in [3.05, 3.63) is 76.9 Å². The number of rotatable bonds is 6. The first-order valence-corrected chi connectivity index (χ1v) is 9.68. The summed E-state index contributed by atoms with van der Waals surface area (Å²) < 4.78 is 0. The summed E-state index contributed by atoms with van der Waals surface area (Å²) in [5.41, 5.74) is 4.81. The molecule has 4 nitrogen and oxygen atoms in total. The van der Waals surface area contributed by atoms with Gasteiger partial charge < -0.3 is 10.6 Å². The Balaban J connectivity index is 1.78. The second kappa shape index (κ2) is 8.89. The van der Waals surface area contributed by atoms with E-state index in [-0.39, 0.29) is 5.91 Å². The van der Waals surface area contributed by atoms with Crippen molar-refractivity contribution >= 4 is 28.9 Å². The topological polar surface area (TPSA) is 54.0 Å². The number of halogens is 1. The van der Waals surface area contributed by atoms with Crippen LogP contribution in [-0.4, -0.2) is 17.4 Å². The molecule has 0 saturated heterocycles. The third-order valence-corrected chi connectivity index (χ3v) is 4.68. The molecular weight excluding hydrogens is 370 g/mol. The molecular formula is C23H24ClN3O. The first-order chi connectivity index (χ1) is 13.4. The fraction of sp³-hybridized carbons (Fsp3) is 0.217. The number of anilines is 2. The first kappa shape index (κ1) is 19.9. The maximum absolute atomic E-state index is 12.8. The van der Waals surface area contributed by atoms with Crippen molar-refractivity contribution in [2.75, 3.05) is 17.2 Å². The third kappa shape index (κ3) is 4.90. The number of nitrogens with one attached hydrogen (secondary N) is 2. The van der Waals surface area contributed by atoms with Gasteiger partial charge in [0, 0.05) is 35.2 Å². The van der Waals surface area contributed by atoms with Crippen LogP contribution in [0.2, 0.25) is 5.02 Å². The molecule has 3 rings (SSSR count). The molecule has 0 saturated carbocycles. The number of hydrogen-bond donors (Lipinski definition) is 2. The van der Waals surface area contributed by atoms with Crippen LogP contribution >= 0.6 is 11.6 Å². The van der Waals surface area contributed by atoms with Crippen molar-refractivity contribution in [1.29, 1.82) is 0 Å². The first-order valence-electron chi connectivity index (χ1n) is 9.31. The number of benzene rings is 2. The molecule has 0 atom stereocenters. The fourth-order valence-corrected chi connectivity index (χ4v) is 3.08. The van der Waals surface area contributed by atoms with E-state index in [1.807, 2.05) is 49.4 Å². The second-order valence-electron chi connectivity index (χ2n) is 7.17. The van der Waals surface area contributed by atoms with Crippen molar-refractivity contribution < 1.29 is 4.79 Å². The van der Waals surface area contributed by atoms with E-state index < -0.39 is 0 Å². The van der Waals surface area contributed by atoms with Crippen LogP contribution in [0.3, 0.4) is 0 Å². The van der Waals surface area contributed by atoms with E-state index in [1.165, 1.54) is 0 Å². The van der Waals surface area contributed by atoms with Crippen LogP contribution in [0.5, 0.6) is 0 Å². The predicted octanol–water partition coefficient (Wildman–Crippen LogP) is 6.03. The highest BCUT2D eigenvalue weighted by Gasteiger charge is 2.12. The van der Waals surface area contributed by atoms with Crippen LogP contribution in [0.4, 0.5) is 11.4 Å².